The highest BCUT2D eigenvalue weighted by Gasteiger charge is 2.37. The number of alkyl halides is 1. The molecule has 6 nitrogen and oxygen atoms in total. The predicted molar refractivity (Wildman–Crippen MR) is 173 cm³/mol. The number of methoxy groups -OCH3 is 1. The van der Waals surface area contributed by atoms with Crippen LogP contribution in [-0.2, 0) is 26.0 Å². The van der Waals surface area contributed by atoms with Crippen molar-refractivity contribution < 1.29 is 23.4 Å². The smallest absolute Gasteiger partial charge is 0.339 e. The van der Waals surface area contributed by atoms with E-state index in [1.807, 2.05) is 52.0 Å². The van der Waals surface area contributed by atoms with Gasteiger partial charge in [0.05, 0.1) is 30.7 Å². The number of anilines is 1. The minimum Gasteiger partial charge on any atom is -0.493 e. The maximum Gasteiger partial charge on any atom is 0.339 e. The zero-order valence-corrected chi connectivity index (χ0v) is 28.0. The first-order chi connectivity index (χ1) is 20.3. The number of carbonyl (C=O) groups excluding carboxylic acids is 1. The molecule has 0 N–H and O–H groups in total. The molecule has 0 amide bonds. The fraction of sp³-hybridized carbons (Fsp3) is 0.486. The van der Waals surface area contributed by atoms with Gasteiger partial charge in [-0.1, -0.05) is 54.0 Å². The van der Waals surface area contributed by atoms with Crippen molar-refractivity contribution in [1.82, 2.24) is 4.98 Å². The van der Waals surface area contributed by atoms with Crippen molar-refractivity contribution >= 4 is 27.6 Å². The third kappa shape index (κ3) is 8.36. The van der Waals surface area contributed by atoms with Crippen LogP contribution in [0.4, 0.5) is 10.1 Å². The SMILES string of the molecule is COC(=O)[C@@H](OC(C)(C)C)c1c(CBr)nc(C)c(-c2ccc(OCCc3ccc(F)cc3)cc2)c1N1CCC(C)(C)CC1. The van der Waals surface area contributed by atoms with E-state index in [4.69, 9.17) is 19.2 Å². The summed E-state index contributed by atoms with van der Waals surface area (Å²) >= 11 is 3.65. The average molecular weight is 656 g/mol. The van der Waals surface area contributed by atoms with Crippen LogP contribution in [0.2, 0.25) is 0 Å². The summed E-state index contributed by atoms with van der Waals surface area (Å²) in [7, 11) is 1.40. The minimum absolute atomic E-state index is 0.243. The normalized spacial score (nSPS) is 15.7. The van der Waals surface area contributed by atoms with E-state index in [0.29, 0.717) is 18.4 Å². The Morgan fingerprint density at radius 3 is 2.26 bits per heavy atom. The average Bonchev–Trinajstić information content (AvgIpc) is 2.96. The summed E-state index contributed by atoms with van der Waals surface area (Å²) in [4.78, 5) is 20.8. The van der Waals surface area contributed by atoms with Crippen molar-refractivity contribution in [3.63, 3.8) is 0 Å². The first-order valence-electron chi connectivity index (χ1n) is 14.9. The monoisotopic (exact) mass is 654 g/mol. The van der Waals surface area contributed by atoms with E-state index in [9.17, 15) is 9.18 Å². The van der Waals surface area contributed by atoms with Crippen molar-refractivity contribution in [1.29, 1.82) is 0 Å². The molecule has 43 heavy (non-hydrogen) atoms. The number of aryl methyl sites for hydroxylation is 1. The predicted octanol–water partition coefficient (Wildman–Crippen LogP) is 8.37. The first-order valence-corrected chi connectivity index (χ1v) is 16.0. The summed E-state index contributed by atoms with van der Waals surface area (Å²) < 4.78 is 31.0. The van der Waals surface area contributed by atoms with Crippen molar-refractivity contribution in [2.24, 2.45) is 5.41 Å². The van der Waals surface area contributed by atoms with Gasteiger partial charge < -0.3 is 19.1 Å². The van der Waals surface area contributed by atoms with Gasteiger partial charge in [0.15, 0.2) is 6.10 Å². The van der Waals surface area contributed by atoms with E-state index in [0.717, 1.165) is 71.0 Å². The van der Waals surface area contributed by atoms with E-state index >= 15 is 0 Å². The summed E-state index contributed by atoms with van der Waals surface area (Å²) in [5.41, 5.74) is 5.99. The molecule has 1 fully saturated rings. The van der Waals surface area contributed by atoms with Gasteiger partial charge in [-0.05, 0) is 81.3 Å². The highest BCUT2D eigenvalue weighted by atomic mass is 79.9. The number of ether oxygens (including phenoxy) is 3. The number of rotatable bonds is 10. The second kappa shape index (κ2) is 13.8. The van der Waals surface area contributed by atoms with E-state index in [-0.39, 0.29) is 11.2 Å². The van der Waals surface area contributed by atoms with Gasteiger partial charge in [0.2, 0.25) is 0 Å². The van der Waals surface area contributed by atoms with Crippen molar-refractivity contribution in [3.05, 3.63) is 76.9 Å². The lowest BCUT2D eigenvalue weighted by Gasteiger charge is -2.41. The molecule has 0 aliphatic carbocycles. The summed E-state index contributed by atoms with van der Waals surface area (Å²) in [5, 5.41) is 0.470. The minimum atomic E-state index is -0.941. The van der Waals surface area contributed by atoms with Gasteiger partial charge >= 0.3 is 5.97 Å². The molecule has 0 bridgehead atoms. The highest BCUT2D eigenvalue weighted by molar-refractivity contribution is 9.08. The van der Waals surface area contributed by atoms with Gasteiger partial charge in [0.1, 0.15) is 11.6 Å². The fourth-order valence-electron chi connectivity index (χ4n) is 5.49. The molecule has 3 aromatic rings. The summed E-state index contributed by atoms with van der Waals surface area (Å²) in [6, 6.07) is 14.5. The zero-order chi connectivity index (χ0) is 31.4. The number of esters is 1. The standard InChI is InChI=1S/C35H44BrFN2O4/c1-23-29(25-10-14-27(15-11-25)42-21-16-24-8-12-26(37)13-9-24)31(39-19-17-35(5,6)18-20-39)30(28(22-36)38-23)32(33(40)41-7)43-34(2,3)4/h8-15,32H,16-22H2,1-7H3/t32-/m0/s1. The Bertz CT molecular complexity index is 1390. The van der Waals surface area contributed by atoms with Gasteiger partial charge in [0.25, 0.3) is 0 Å². The molecular formula is C35H44BrFN2O4. The van der Waals surface area contributed by atoms with E-state index in [1.54, 1.807) is 12.1 Å². The fourth-order valence-corrected chi connectivity index (χ4v) is 5.92. The molecule has 1 saturated heterocycles. The number of benzene rings is 2. The van der Waals surface area contributed by atoms with Crippen molar-refractivity contribution in [3.8, 4) is 16.9 Å². The van der Waals surface area contributed by atoms with Gasteiger partial charge in [-0.15, -0.1) is 0 Å². The second-order valence-electron chi connectivity index (χ2n) is 12.9. The lowest BCUT2D eigenvalue weighted by molar-refractivity contribution is -0.164. The highest BCUT2D eigenvalue weighted by Crippen LogP contribution is 2.45. The number of carbonyl (C=O) groups is 1. The van der Waals surface area contributed by atoms with Gasteiger partial charge in [-0.25, -0.2) is 9.18 Å². The molecule has 1 atom stereocenters. The van der Waals surface area contributed by atoms with Crippen LogP contribution < -0.4 is 9.64 Å². The van der Waals surface area contributed by atoms with Crippen LogP contribution in [0, 0.1) is 18.2 Å². The Labute approximate surface area is 264 Å². The summed E-state index contributed by atoms with van der Waals surface area (Å²) in [5.74, 6) is 0.0589. The summed E-state index contributed by atoms with van der Waals surface area (Å²) in [6.07, 6.45) is 1.80. The van der Waals surface area contributed by atoms with Crippen LogP contribution in [0.1, 0.15) is 76.1 Å². The number of nitrogens with zero attached hydrogens (tertiary/aromatic N) is 2. The lowest BCUT2D eigenvalue weighted by Crippen LogP contribution is -2.39. The van der Waals surface area contributed by atoms with Crippen LogP contribution in [0.25, 0.3) is 11.1 Å². The molecule has 1 aliphatic rings. The van der Waals surface area contributed by atoms with Crippen LogP contribution in [0.3, 0.4) is 0 Å². The Morgan fingerprint density at radius 2 is 1.70 bits per heavy atom. The number of piperidine rings is 1. The van der Waals surface area contributed by atoms with E-state index in [1.165, 1.54) is 19.2 Å². The number of aromatic nitrogens is 1. The maximum absolute atomic E-state index is 13.3. The van der Waals surface area contributed by atoms with Gasteiger partial charge in [-0.2, -0.15) is 0 Å². The van der Waals surface area contributed by atoms with E-state index < -0.39 is 17.7 Å². The van der Waals surface area contributed by atoms with Gasteiger partial charge in [0, 0.05) is 41.7 Å². The molecule has 0 radical (unpaired) electrons. The van der Waals surface area contributed by atoms with Crippen LogP contribution in [0.5, 0.6) is 5.75 Å². The molecular weight excluding hydrogens is 611 g/mol. The zero-order valence-electron chi connectivity index (χ0n) is 26.4. The molecule has 1 aliphatic heterocycles. The first kappa shape index (κ1) is 32.9. The summed E-state index contributed by atoms with van der Waals surface area (Å²) in [6.45, 7) is 14.7. The molecule has 1 aromatic heterocycles. The Hall–Kier alpha value is -2.97. The molecule has 2 aromatic carbocycles. The van der Waals surface area contributed by atoms with Gasteiger partial charge in [-0.3, -0.25) is 4.98 Å². The number of halogens is 2. The molecule has 8 heteroatoms. The number of hydrogen-bond donors (Lipinski definition) is 0. The van der Waals surface area contributed by atoms with Crippen molar-refractivity contribution in [2.75, 3.05) is 31.7 Å². The second-order valence-corrected chi connectivity index (χ2v) is 13.5. The molecule has 4 rings (SSSR count). The van der Waals surface area contributed by atoms with Crippen LogP contribution >= 0.6 is 15.9 Å². The maximum atomic E-state index is 13.3. The number of hydrogen-bond acceptors (Lipinski definition) is 6. The van der Waals surface area contributed by atoms with Crippen molar-refractivity contribution in [2.45, 2.75) is 77.8 Å². The molecule has 0 spiro atoms. The lowest BCUT2D eigenvalue weighted by atomic mass is 9.82. The third-order valence-corrected chi connectivity index (χ3v) is 8.42. The topological polar surface area (TPSA) is 60.9 Å². The Balaban J connectivity index is 1.76. The number of pyridine rings is 1. The molecule has 0 unspecified atom stereocenters. The van der Waals surface area contributed by atoms with Crippen LogP contribution in [-0.4, -0.2) is 43.4 Å². The van der Waals surface area contributed by atoms with Crippen LogP contribution in [0.15, 0.2) is 48.5 Å². The Kier molecular flexibility index (Phi) is 10.5. The third-order valence-electron chi connectivity index (χ3n) is 7.89. The molecule has 232 valence electrons. The molecule has 2 heterocycles. The molecule has 0 saturated carbocycles. The Morgan fingerprint density at radius 1 is 1.07 bits per heavy atom. The largest absolute Gasteiger partial charge is 0.493 e. The van der Waals surface area contributed by atoms with E-state index in [2.05, 4.69) is 34.7 Å². The quantitative estimate of drug-likeness (QED) is 0.162.